The van der Waals surface area contributed by atoms with Crippen LogP contribution in [0.2, 0.25) is 0 Å². The second-order valence-corrected chi connectivity index (χ2v) is 4.62. The summed E-state index contributed by atoms with van der Waals surface area (Å²) in [5.74, 6) is 0.530. The number of aromatic nitrogens is 1. The summed E-state index contributed by atoms with van der Waals surface area (Å²) in [7, 11) is 0. The number of rotatable bonds is 8. The van der Waals surface area contributed by atoms with Crippen LogP contribution in [0.4, 0.5) is 0 Å². The van der Waals surface area contributed by atoms with Gasteiger partial charge >= 0.3 is 0 Å². The second-order valence-electron chi connectivity index (χ2n) is 3.57. The van der Waals surface area contributed by atoms with E-state index < -0.39 is 0 Å². The largest absolute Gasteiger partial charge is 0.354 e. The van der Waals surface area contributed by atoms with Gasteiger partial charge in [-0.15, -0.1) is 11.8 Å². The maximum Gasteiger partial charge on any atom is 0.230 e. The van der Waals surface area contributed by atoms with Gasteiger partial charge in [-0.25, -0.2) is 0 Å². The van der Waals surface area contributed by atoms with Crippen molar-refractivity contribution in [2.75, 3.05) is 25.4 Å². The van der Waals surface area contributed by atoms with Gasteiger partial charge in [-0.1, -0.05) is 6.92 Å². The van der Waals surface area contributed by atoms with Gasteiger partial charge in [-0.2, -0.15) is 0 Å². The minimum absolute atomic E-state index is 0.0742. The summed E-state index contributed by atoms with van der Waals surface area (Å²) in [6.07, 6.45) is 4.58. The number of hydrogen-bond acceptors (Lipinski definition) is 4. The molecule has 0 bridgehead atoms. The third-order valence-corrected chi connectivity index (χ3v) is 3.08. The van der Waals surface area contributed by atoms with Crippen molar-refractivity contribution in [3.05, 3.63) is 24.5 Å². The lowest BCUT2D eigenvalue weighted by Crippen LogP contribution is -2.33. The summed E-state index contributed by atoms with van der Waals surface area (Å²) in [5, 5.41) is 6.11. The van der Waals surface area contributed by atoms with Crippen molar-refractivity contribution in [3.8, 4) is 0 Å². The smallest absolute Gasteiger partial charge is 0.230 e. The zero-order valence-electron chi connectivity index (χ0n) is 10.1. The standard InChI is InChI=1S/C12H19N3OS/c1-2-5-13-8-9-15-12(16)10-17-11-3-6-14-7-4-11/h3-4,6-7,13H,2,5,8-10H2,1H3,(H,15,16). The summed E-state index contributed by atoms with van der Waals surface area (Å²) < 4.78 is 0. The average molecular weight is 253 g/mol. The van der Waals surface area contributed by atoms with Crippen LogP contribution in [0.25, 0.3) is 0 Å². The monoisotopic (exact) mass is 253 g/mol. The summed E-state index contributed by atoms with van der Waals surface area (Å²) >= 11 is 1.52. The van der Waals surface area contributed by atoms with Crippen molar-refractivity contribution in [1.82, 2.24) is 15.6 Å². The molecule has 5 heteroatoms. The number of carbonyl (C=O) groups is 1. The van der Waals surface area contributed by atoms with Crippen LogP contribution in [-0.4, -0.2) is 36.3 Å². The molecule has 1 aromatic rings. The molecule has 1 aromatic heterocycles. The Morgan fingerprint density at radius 1 is 1.29 bits per heavy atom. The quantitative estimate of drug-likeness (QED) is 0.541. The van der Waals surface area contributed by atoms with E-state index in [1.807, 2.05) is 12.1 Å². The molecule has 0 aliphatic rings. The number of amides is 1. The van der Waals surface area contributed by atoms with Crippen molar-refractivity contribution in [2.24, 2.45) is 0 Å². The first-order valence-electron chi connectivity index (χ1n) is 5.83. The minimum atomic E-state index is 0.0742. The highest BCUT2D eigenvalue weighted by molar-refractivity contribution is 8.00. The Labute approximate surface area is 107 Å². The van der Waals surface area contributed by atoms with Crippen LogP contribution in [0.1, 0.15) is 13.3 Å². The number of nitrogens with zero attached hydrogens (tertiary/aromatic N) is 1. The van der Waals surface area contributed by atoms with Gasteiger partial charge < -0.3 is 10.6 Å². The van der Waals surface area contributed by atoms with Crippen molar-refractivity contribution in [2.45, 2.75) is 18.2 Å². The topological polar surface area (TPSA) is 54.0 Å². The molecule has 2 N–H and O–H groups in total. The van der Waals surface area contributed by atoms with Crippen LogP contribution in [0.15, 0.2) is 29.4 Å². The molecule has 0 aromatic carbocycles. The molecule has 1 amide bonds. The van der Waals surface area contributed by atoms with E-state index in [1.165, 1.54) is 11.8 Å². The van der Waals surface area contributed by atoms with Crippen LogP contribution in [0, 0.1) is 0 Å². The molecule has 17 heavy (non-hydrogen) atoms. The molecule has 0 atom stereocenters. The highest BCUT2D eigenvalue weighted by Crippen LogP contribution is 2.15. The zero-order chi connectivity index (χ0) is 12.3. The van der Waals surface area contributed by atoms with Crippen LogP contribution in [0.5, 0.6) is 0 Å². The van der Waals surface area contributed by atoms with Gasteiger partial charge in [0.25, 0.3) is 0 Å². The molecule has 4 nitrogen and oxygen atoms in total. The normalized spacial score (nSPS) is 10.2. The second kappa shape index (κ2) is 9.01. The van der Waals surface area contributed by atoms with Crippen LogP contribution in [0.3, 0.4) is 0 Å². The van der Waals surface area contributed by atoms with E-state index in [4.69, 9.17) is 0 Å². The molecule has 0 saturated heterocycles. The first kappa shape index (κ1) is 14.0. The SMILES string of the molecule is CCCNCCNC(=O)CSc1ccncc1. The lowest BCUT2D eigenvalue weighted by atomic mass is 10.4. The molecule has 0 radical (unpaired) electrons. The highest BCUT2D eigenvalue weighted by Gasteiger charge is 2.01. The van der Waals surface area contributed by atoms with E-state index in [1.54, 1.807) is 12.4 Å². The van der Waals surface area contributed by atoms with E-state index in [2.05, 4.69) is 22.5 Å². The lowest BCUT2D eigenvalue weighted by Gasteiger charge is -2.05. The van der Waals surface area contributed by atoms with Crippen LogP contribution < -0.4 is 10.6 Å². The molecule has 0 spiro atoms. The first-order chi connectivity index (χ1) is 8.33. The fourth-order valence-corrected chi connectivity index (χ4v) is 1.94. The summed E-state index contributed by atoms with van der Waals surface area (Å²) in [6, 6.07) is 3.81. The number of hydrogen-bond donors (Lipinski definition) is 2. The third-order valence-electron chi connectivity index (χ3n) is 2.07. The predicted octanol–water partition coefficient (Wildman–Crippen LogP) is 1.29. The van der Waals surface area contributed by atoms with Crippen molar-refractivity contribution >= 4 is 17.7 Å². The number of pyridine rings is 1. The maximum atomic E-state index is 11.5. The van der Waals surface area contributed by atoms with Gasteiger partial charge in [0.1, 0.15) is 0 Å². The van der Waals surface area contributed by atoms with Gasteiger partial charge in [0.05, 0.1) is 5.75 Å². The number of thioether (sulfide) groups is 1. The first-order valence-corrected chi connectivity index (χ1v) is 6.81. The number of nitrogens with one attached hydrogen (secondary N) is 2. The number of carbonyl (C=O) groups excluding carboxylic acids is 1. The van der Waals surface area contributed by atoms with Gasteiger partial charge in [0, 0.05) is 30.4 Å². The van der Waals surface area contributed by atoms with Crippen LogP contribution in [-0.2, 0) is 4.79 Å². The molecule has 94 valence electrons. The van der Waals surface area contributed by atoms with E-state index in [0.29, 0.717) is 12.3 Å². The zero-order valence-corrected chi connectivity index (χ0v) is 10.9. The maximum absolute atomic E-state index is 11.5. The Balaban J connectivity index is 2.05. The van der Waals surface area contributed by atoms with Crippen molar-refractivity contribution < 1.29 is 4.79 Å². The van der Waals surface area contributed by atoms with E-state index in [-0.39, 0.29) is 5.91 Å². The highest BCUT2D eigenvalue weighted by atomic mass is 32.2. The molecule has 0 aliphatic heterocycles. The van der Waals surface area contributed by atoms with E-state index in [0.717, 1.165) is 24.4 Å². The average Bonchev–Trinajstić information content (AvgIpc) is 2.37. The van der Waals surface area contributed by atoms with Crippen LogP contribution >= 0.6 is 11.8 Å². The Hall–Kier alpha value is -1.07. The fraction of sp³-hybridized carbons (Fsp3) is 0.500. The Kier molecular flexibility index (Phi) is 7.42. The Bertz CT molecular complexity index is 319. The third kappa shape index (κ3) is 6.97. The molecule has 0 saturated carbocycles. The summed E-state index contributed by atoms with van der Waals surface area (Å²) in [5.41, 5.74) is 0. The molecule has 0 fully saturated rings. The molecule has 1 rings (SSSR count). The predicted molar refractivity (Wildman–Crippen MR) is 71.1 cm³/mol. The lowest BCUT2D eigenvalue weighted by molar-refractivity contribution is -0.118. The van der Waals surface area contributed by atoms with Gasteiger partial charge in [0.15, 0.2) is 0 Å². The van der Waals surface area contributed by atoms with E-state index in [9.17, 15) is 4.79 Å². The van der Waals surface area contributed by atoms with Crippen molar-refractivity contribution in [1.29, 1.82) is 0 Å². The summed E-state index contributed by atoms with van der Waals surface area (Å²) in [4.78, 5) is 16.5. The van der Waals surface area contributed by atoms with E-state index >= 15 is 0 Å². The molecular formula is C12H19N3OS. The Morgan fingerprint density at radius 2 is 2.06 bits per heavy atom. The van der Waals surface area contributed by atoms with Gasteiger partial charge in [-0.3, -0.25) is 9.78 Å². The summed E-state index contributed by atoms with van der Waals surface area (Å²) in [6.45, 7) is 4.65. The van der Waals surface area contributed by atoms with Crippen molar-refractivity contribution in [3.63, 3.8) is 0 Å². The van der Waals surface area contributed by atoms with Gasteiger partial charge in [-0.05, 0) is 25.1 Å². The Morgan fingerprint density at radius 3 is 2.76 bits per heavy atom. The molecule has 0 unspecified atom stereocenters. The molecule has 0 aliphatic carbocycles. The van der Waals surface area contributed by atoms with Gasteiger partial charge in [0.2, 0.25) is 5.91 Å². The minimum Gasteiger partial charge on any atom is -0.354 e. The fourth-order valence-electron chi connectivity index (χ4n) is 1.23. The molecular weight excluding hydrogens is 234 g/mol. The molecule has 1 heterocycles.